The number of rotatable bonds is 12. The third-order valence-electron chi connectivity index (χ3n) is 6.11. The van der Waals surface area contributed by atoms with Crippen molar-refractivity contribution in [1.82, 2.24) is 9.47 Å². The molecular formula is C27H33ClN2O5. The van der Waals surface area contributed by atoms with E-state index in [9.17, 15) is 20.1 Å². The van der Waals surface area contributed by atoms with Gasteiger partial charge in [0.25, 0.3) is 0 Å². The maximum atomic E-state index is 12.0. The number of aliphatic carboxylic acids is 1. The van der Waals surface area contributed by atoms with E-state index >= 15 is 0 Å². The molecule has 3 rings (SSSR count). The van der Waals surface area contributed by atoms with Crippen LogP contribution in [0.25, 0.3) is 0 Å². The highest BCUT2D eigenvalue weighted by atomic mass is 35.5. The number of aryl methyl sites for hydroxylation is 1. The van der Waals surface area contributed by atoms with Gasteiger partial charge >= 0.3 is 5.97 Å². The number of halogens is 1. The molecule has 1 heterocycles. The predicted molar refractivity (Wildman–Crippen MR) is 136 cm³/mol. The Kier molecular flexibility index (Phi) is 9.07. The zero-order valence-corrected chi connectivity index (χ0v) is 21.1. The molecule has 0 bridgehead atoms. The molecule has 0 aliphatic carbocycles. The van der Waals surface area contributed by atoms with Crippen molar-refractivity contribution in [3.8, 4) is 17.5 Å². The van der Waals surface area contributed by atoms with Crippen LogP contribution in [-0.4, -0.2) is 43.9 Å². The van der Waals surface area contributed by atoms with Crippen LogP contribution in [0.2, 0.25) is 5.02 Å². The van der Waals surface area contributed by atoms with Gasteiger partial charge < -0.3 is 20.1 Å². The number of hydrogen-bond acceptors (Lipinski definition) is 5. The first-order valence-corrected chi connectivity index (χ1v) is 12.1. The zero-order valence-electron chi connectivity index (χ0n) is 20.3. The van der Waals surface area contributed by atoms with Gasteiger partial charge in [-0.1, -0.05) is 49.7 Å². The first kappa shape index (κ1) is 26.4. The van der Waals surface area contributed by atoms with E-state index in [2.05, 4.69) is 11.8 Å². The molecule has 8 heteroatoms. The van der Waals surface area contributed by atoms with Crippen LogP contribution in [-0.2, 0) is 17.9 Å². The Balaban J connectivity index is 1.76. The van der Waals surface area contributed by atoms with Crippen molar-refractivity contribution in [2.45, 2.75) is 46.3 Å². The van der Waals surface area contributed by atoms with E-state index < -0.39 is 11.9 Å². The lowest BCUT2D eigenvalue weighted by atomic mass is 9.92. The van der Waals surface area contributed by atoms with Crippen LogP contribution in [0.15, 0.2) is 54.6 Å². The third-order valence-corrected chi connectivity index (χ3v) is 6.36. The topological polar surface area (TPSA) is 95.2 Å². The van der Waals surface area contributed by atoms with Gasteiger partial charge in [0.15, 0.2) is 11.8 Å². The minimum absolute atomic E-state index is 0.0139. The van der Waals surface area contributed by atoms with E-state index in [-0.39, 0.29) is 24.4 Å². The highest BCUT2D eigenvalue weighted by Crippen LogP contribution is 2.32. The smallest absolute Gasteiger partial charge is 0.308 e. The van der Waals surface area contributed by atoms with Crippen LogP contribution in [0.4, 0.5) is 0 Å². The van der Waals surface area contributed by atoms with Crippen LogP contribution in [0.1, 0.15) is 43.0 Å². The summed E-state index contributed by atoms with van der Waals surface area (Å²) in [5, 5.41) is 30.0. The lowest BCUT2D eigenvalue weighted by Crippen LogP contribution is -2.36. The van der Waals surface area contributed by atoms with Crippen molar-refractivity contribution in [3.63, 3.8) is 0 Å². The number of carbonyl (C=O) groups is 1. The summed E-state index contributed by atoms with van der Waals surface area (Å²) in [6.07, 6.45) is 0.885. The number of hydrogen-bond donors (Lipinski definition) is 3. The maximum absolute atomic E-state index is 12.0. The number of ether oxygens (including phenoxy) is 1. The molecule has 0 amide bonds. The standard InChI is InChI=1S/C27H33ClN2O5/c1-4-13-29(26(19(3)27(33)34)21-6-8-22(28)9-7-21)17-20-5-10-23(18(2)16-20)35-15-14-30-24(31)11-12-25(30)32/h5-12,16,19,26,31-32H,4,13-15,17H2,1-3H3,(H,33,34). The molecule has 0 spiro atoms. The average molecular weight is 501 g/mol. The quantitative estimate of drug-likeness (QED) is 0.299. The highest BCUT2D eigenvalue weighted by Gasteiger charge is 2.30. The Morgan fingerprint density at radius 1 is 1.09 bits per heavy atom. The van der Waals surface area contributed by atoms with Crippen molar-refractivity contribution in [3.05, 3.63) is 76.3 Å². The van der Waals surface area contributed by atoms with Crippen LogP contribution >= 0.6 is 11.6 Å². The molecule has 0 aliphatic rings. The van der Waals surface area contributed by atoms with Crippen molar-refractivity contribution in [2.75, 3.05) is 13.2 Å². The number of carboxylic acids is 1. The molecule has 0 saturated carbocycles. The lowest BCUT2D eigenvalue weighted by Gasteiger charge is -2.34. The summed E-state index contributed by atoms with van der Waals surface area (Å²) in [4.78, 5) is 14.2. The van der Waals surface area contributed by atoms with Gasteiger partial charge in [0.05, 0.1) is 12.5 Å². The fourth-order valence-corrected chi connectivity index (χ4v) is 4.47. The number of nitrogens with zero attached hydrogens (tertiary/aromatic N) is 2. The summed E-state index contributed by atoms with van der Waals surface area (Å²) >= 11 is 6.07. The highest BCUT2D eigenvalue weighted by molar-refractivity contribution is 6.30. The molecule has 2 atom stereocenters. The largest absolute Gasteiger partial charge is 0.494 e. The van der Waals surface area contributed by atoms with E-state index in [1.165, 1.54) is 16.7 Å². The molecular weight excluding hydrogens is 468 g/mol. The van der Waals surface area contributed by atoms with Gasteiger partial charge in [-0.15, -0.1) is 0 Å². The Morgan fingerprint density at radius 2 is 1.74 bits per heavy atom. The molecule has 3 aromatic rings. The van der Waals surface area contributed by atoms with Crippen LogP contribution in [0.3, 0.4) is 0 Å². The van der Waals surface area contributed by atoms with Gasteiger partial charge in [0.2, 0.25) is 0 Å². The van der Waals surface area contributed by atoms with Crippen LogP contribution < -0.4 is 4.74 Å². The Bertz CT molecular complexity index is 1110. The lowest BCUT2D eigenvalue weighted by molar-refractivity contribution is -0.143. The van der Waals surface area contributed by atoms with Gasteiger partial charge in [0.1, 0.15) is 12.4 Å². The van der Waals surface area contributed by atoms with Crippen molar-refractivity contribution in [2.24, 2.45) is 5.92 Å². The normalized spacial score (nSPS) is 13.1. The van der Waals surface area contributed by atoms with Gasteiger partial charge in [-0.2, -0.15) is 0 Å². The Labute approximate surface area is 211 Å². The van der Waals surface area contributed by atoms with Crippen molar-refractivity contribution in [1.29, 1.82) is 0 Å². The molecule has 1 aromatic heterocycles. The fraction of sp³-hybridized carbons (Fsp3) is 0.370. The van der Waals surface area contributed by atoms with Gasteiger partial charge in [-0.3, -0.25) is 14.3 Å². The molecule has 2 aromatic carbocycles. The minimum atomic E-state index is -0.842. The summed E-state index contributed by atoms with van der Waals surface area (Å²) in [5.41, 5.74) is 2.93. The molecule has 35 heavy (non-hydrogen) atoms. The van der Waals surface area contributed by atoms with Gasteiger partial charge in [-0.25, -0.2) is 0 Å². The van der Waals surface area contributed by atoms with E-state index in [0.29, 0.717) is 18.1 Å². The van der Waals surface area contributed by atoms with E-state index in [1.54, 1.807) is 19.1 Å². The number of benzene rings is 2. The maximum Gasteiger partial charge on any atom is 0.308 e. The molecule has 2 unspecified atom stereocenters. The Morgan fingerprint density at radius 3 is 2.31 bits per heavy atom. The minimum Gasteiger partial charge on any atom is -0.494 e. The first-order valence-electron chi connectivity index (χ1n) is 11.7. The molecule has 0 aliphatic heterocycles. The third kappa shape index (κ3) is 6.71. The second-order valence-electron chi connectivity index (χ2n) is 8.74. The Hall–Kier alpha value is -3.16. The SMILES string of the molecule is CCCN(Cc1ccc(OCCn2c(O)ccc2O)c(C)c1)C(c1ccc(Cl)cc1)C(C)C(=O)O. The van der Waals surface area contributed by atoms with Crippen molar-refractivity contribution < 1.29 is 24.9 Å². The zero-order chi connectivity index (χ0) is 25.5. The summed E-state index contributed by atoms with van der Waals surface area (Å²) in [7, 11) is 0. The van der Waals surface area contributed by atoms with E-state index in [1.807, 2.05) is 37.3 Å². The summed E-state index contributed by atoms with van der Waals surface area (Å²) in [6.45, 7) is 7.71. The molecule has 3 N–H and O–H groups in total. The molecule has 7 nitrogen and oxygen atoms in total. The second kappa shape index (κ2) is 12.0. The molecule has 0 saturated heterocycles. The van der Waals surface area contributed by atoms with E-state index in [0.717, 1.165) is 35.4 Å². The molecule has 0 radical (unpaired) electrons. The summed E-state index contributed by atoms with van der Waals surface area (Å²) in [5.74, 6) is -0.756. The predicted octanol–water partition coefficient (Wildman–Crippen LogP) is 5.61. The van der Waals surface area contributed by atoms with E-state index in [4.69, 9.17) is 16.3 Å². The number of aromatic hydroxyl groups is 2. The fourth-order valence-electron chi connectivity index (χ4n) is 4.34. The second-order valence-corrected chi connectivity index (χ2v) is 9.18. The monoisotopic (exact) mass is 500 g/mol. The van der Waals surface area contributed by atoms with Crippen molar-refractivity contribution >= 4 is 17.6 Å². The van der Waals surface area contributed by atoms with Crippen LogP contribution in [0.5, 0.6) is 17.5 Å². The number of aromatic nitrogens is 1. The summed E-state index contributed by atoms with van der Waals surface area (Å²) in [6, 6.07) is 15.9. The first-order chi connectivity index (χ1) is 16.7. The molecule has 0 fully saturated rings. The van der Waals surface area contributed by atoms with Gasteiger partial charge in [-0.05, 0) is 54.8 Å². The number of carboxylic acid groups (broad SMARTS) is 1. The molecule has 188 valence electrons. The summed E-state index contributed by atoms with van der Waals surface area (Å²) < 4.78 is 7.25. The average Bonchev–Trinajstić information content (AvgIpc) is 3.14. The van der Waals surface area contributed by atoms with Gasteiger partial charge in [0, 0.05) is 29.7 Å². The van der Waals surface area contributed by atoms with Crippen LogP contribution in [0, 0.1) is 12.8 Å².